The Balaban J connectivity index is 2.35. The Morgan fingerprint density at radius 2 is 2.00 bits per heavy atom. The van der Waals surface area contributed by atoms with Crippen LogP contribution in [0.25, 0.3) is 0 Å². The smallest absolute Gasteiger partial charge is 0.250 e. The third-order valence-electron chi connectivity index (χ3n) is 1.92. The van der Waals surface area contributed by atoms with Gasteiger partial charge in [0, 0.05) is 6.54 Å². The first-order valence-electron chi connectivity index (χ1n) is 5.04. The summed E-state index contributed by atoms with van der Waals surface area (Å²) in [6, 6.07) is 7.31. The zero-order valence-corrected chi connectivity index (χ0v) is 8.96. The van der Waals surface area contributed by atoms with E-state index in [2.05, 4.69) is 11.9 Å². The molecule has 0 aliphatic rings. The monoisotopic (exact) mass is 227 g/mol. The van der Waals surface area contributed by atoms with Crippen LogP contribution in [0.1, 0.15) is 5.56 Å². The Kier molecular flexibility index (Phi) is 5.50. The third-order valence-corrected chi connectivity index (χ3v) is 1.92. The highest BCUT2D eigenvalue weighted by Crippen LogP contribution is 2.11. The molecule has 0 fully saturated rings. The number of alkyl halides is 2. The fourth-order valence-electron chi connectivity index (χ4n) is 1.18. The maximum atomic E-state index is 11.8. The van der Waals surface area contributed by atoms with E-state index in [0.29, 0.717) is 13.2 Å². The van der Waals surface area contributed by atoms with Gasteiger partial charge in [0.05, 0.1) is 6.54 Å². The molecule has 1 aromatic rings. The highest BCUT2D eigenvalue weighted by atomic mass is 19.3. The minimum absolute atomic E-state index is 0.283. The molecule has 0 aliphatic heterocycles. The Morgan fingerprint density at radius 1 is 1.31 bits per heavy atom. The molecule has 0 spiro atoms. The zero-order valence-electron chi connectivity index (χ0n) is 8.96. The summed E-state index contributed by atoms with van der Waals surface area (Å²) in [6.07, 6.45) is -0.645. The van der Waals surface area contributed by atoms with Gasteiger partial charge in [-0.3, -0.25) is 0 Å². The average Bonchev–Trinajstić information content (AvgIpc) is 2.27. The van der Waals surface area contributed by atoms with Crippen molar-refractivity contribution in [2.75, 3.05) is 13.2 Å². The quantitative estimate of drug-likeness (QED) is 0.723. The summed E-state index contributed by atoms with van der Waals surface area (Å²) >= 11 is 0. The van der Waals surface area contributed by atoms with Crippen LogP contribution >= 0.6 is 0 Å². The van der Waals surface area contributed by atoms with Crippen LogP contribution in [0.4, 0.5) is 8.78 Å². The van der Waals surface area contributed by atoms with Crippen molar-refractivity contribution in [3.05, 3.63) is 42.5 Å². The Labute approximate surface area is 93.9 Å². The number of rotatable bonds is 7. The van der Waals surface area contributed by atoms with Crippen molar-refractivity contribution in [2.45, 2.75) is 13.0 Å². The van der Waals surface area contributed by atoms with E-state index in [1.165, 1.54) is 0 Å². The molecule has 0 amide bonds. The van der Waals surface area contributed by atoms with Crippen LogP contribution in [0.2, 0.25) is 0 Å². The highest BCUT2D eigenvalue weighted by molar-refractivity contribution is 5.27. The molecular formula is C12H15F2NO. The van der Waals surface area contributed by atoms with Crippen molar-refractivity contribution in [3.63, 3.8) is 0 Å². The molecule has 4 heteroatoms. The Hall–Kier alpha value is -1.42. The van der Waals surface area contributed by atoms with Gasteiger partial charge < -0.3 is 10.1 Å². The summed E-state index contributed by atoms with van der Waals surface area (Å²) in [5, 5.41) is 2.66. The molecule has 0 aliphatic carbocycles. The molecule has 1 aromatic carbocycles. The summed E-state index contributed by atoms with van der Waals surface area (Å²) in [5.74, 6) is 0.748. The number of ether oxygens (including phenoxy) is 1. The molecule has 16 heavy (non-hydrogen) atoms. The topological polar surface area (TPSA) is 21.3 Å². The van der Waals surface area contributed by atoms with E-state index in [1.807, 2.05) is 24.3 Å². The fraction of sp³-hybridized carbons (Fsp3) is 0.333. The zero-order chi connectivity index (χ0) is 11.8. The molecule has 88 valence electrons. The Morgan fingerprint density at radius 3 is 2.56 bits per heavy atom. The van der Waals surface area contributed by atoms with Crippen LogP contribution in [0.3, 0.4) is 0 Å². The summed E-state index contributed by atoms with van der Waals surface area (Å²) in [5.41, 5.74) is 0.951. The molecule has 0 aromatic heterocycles. The van der Waals surface area contributed by atoms with Gasteiger partial charge in [0.25, 0.3) is 6.43 Å². The van der Waals surface area contributed by atoms with Gasteiger partial charge in [-0.15, -0.1) is 0 Å². The number of nitrogens with one attached hydrogen (secondary N) is 1. The van der Waals surface area contributed by atoms with Crippen LogP contribution in [0.5, 0.6) is 5.75 Å². The molecule has 0 saturated heterocycles. The number of halogens is 2. The average molecular weight is 227 g/mol. The van der Waals surface area contributed by atoms with E-state index in [0.717, 1.165) is 11.3 Å². The second-order valence-electron chi connectivity index (χ2n) is 3.27. The predicted molar refractivity (Wildman–Crippen MR) is 59.8 cm³/mol. The van der Waals surface area contributed by atoms with Crippen molar-refractivity contribution in [3.8, 4) is 5.75 Å². The predicted octanol–water partition coefficient (Wildman–Crippen LogP) is 2.61. The first-order valence-corrected chi connectivity index (χ1v) is 5.04. The summed E-state index contributed by atoms with van der Waals surface area (Å²) in [6.45, 7) is 4.16. The standard InChI is InChI=1S/C12H15F2NO/c1-2-7-16-11-5-3-10(4-6-11)8-15-9-12(13)14/h2-6,12,15H,1,7-9H2. The van der Waals surface area contributed by atoms with Crippen molar-refractivity contribution < 1.29 is 13.5 Å². The van der Waals surface area contributed by atoms with Gasteiger partial charge in [0.1, 0.15) is 12.4 Å². The highest BCUT2D eigenvalue weighted by Gasteiger charge is 2.01. The molecule has 0 heterocycles. The minimum Gasteiger partial charge on any atom is -0.490 e. The van der Waals surface area contributed by atoms with E-state index in [-0.39, 0.29) is 6.54 Å². The lowest BCUT2D eigenvalue weighted by molar-refractivity contribution is 0.145. The molecule has 0 unspecified atom stereocenters. The van der Waals surface area contributed by atoms with E-state index in [9.17, 15) is 8.78 Å². The fourth-order valence-corrected chi connectivity index (χ4v) is 1.18. The lowest BCUT2D eigenvalue weighted by atomic mass is 10.2. The molecular weight excluding hydrogens is 212 g/mol. The first kappa shape index (κ1) is 12.6. The number of hydrogen-bond donors (Lipinski definition) is 1. The first-order chi connectivity index (χ1) is 7.72. The largest absolute Gasteiger partial charge is 0.490 e. The van der Waals surface area contributed by atoms with Crippen LogP contribution < -0.4 is 10.1 Å². The summed E-state index contributed by atoms with van der Waals surface area (Å²) < 4.78 is 29.0. The second kappa shape index (κ2) is 6.95. The minimum atomic E-state index is -2.31. The number of hydrogen-bond acceptors (Lipinski definition) is 2. The van der Waals surface area contributed by atoms with Crippen molar-refractivity contribution >= 4 is 0 Å². The van der Waals surface area contributed by atoms with E-state index >= 15 is 0 Å². The Bertz CT molecular complexity index is 311. The van der Waals surface area contributed by atoms with Crippen LogP contribution in [-0.2, 0) is 6.54 Å². The van der Waals surface area contributed by atoms with E-state index in [4.69, 9.17) is 4.74 Å². The van der Waals surface area contributed by atoms with Gasteiger partial charge in [-0.25, -0.2) is 8.78 Å². The van der Waals surface area contributed by atoms with E-state index in [1.54, 1.807) is 6.08 Å². The summed E-state index contributed by atoms with van der Waals surface area (Å²) in [7, 11) is 0. The van der Waals surface area contributed by atoms with Gasteiger partial charge in [0.15, 0.2) is 0 Å². The lowest BCUT2D eigenvalue weighted by Crippen LogP contribution is -2.20. The van der Waals surface area contributed by atoms with Crippen LogP contribution in [-0.4, -0.2) is 19.6 Å². The maximum absolute atomic E-state index is 11.8. The van der Waals surface area contributed by atoms with E-state index < -0.39 is 6.43 Å². The number of benzene rings is 1. The molecule has 0 radical (unpaired) electrons. The van der Waals surface area contributed by atoms with Crippen LogP contribution in [0.15, 0.2) is 36.9 Å². The lowest BCUT2D eigenvalue weighted by Gasteiger charge is -2.06. The molecule has 1 N–H and O–H groups in total. The van der Waals surface area contributed by atoms with Gasteiger partial charge in [-0.2, -0.15) is 0 Å². The molecule has 2 nitrogen and oxygen atoms in total. The van der Waals surface area contributed by atoms with Crippen LogP contribution in [0, 0.1) is 0 Å². The third kappa shape index (κ3) is 4.89. The van der Waals surface area contributed by atoms with Gasteiger partial charge >= 0.3 is 0 Å². The van der Waals surface area contributed by atoms with Gasteiger partial charge in [0.2, 0.25) is 0 Å². The normalized spacial score (nSPS) is 10.4. The SMILES string of the molecule is C=CCOc1ccc(CNCC(F)F)cc1. The molecule has 0 bridgehead atoms. The maximum Gasteiger partial charge on any atom is 0.250 e. The molecule has 0 saturated carbocycles. The van der Waals surface area contributed by atoms with Crippen molar-refractivity contribution in [1.29, 1.82) is 0 Å². The summed E-state index contributed by atoms with van der Waals surface area (Å²) in [4.78, 5) is 0. The molecule has 0 atom stereocenters. The van der Waals surface area contributed by atoms with Gasteiger partial charge in [-0.1, -0.05) is 24.8 Å². The van der Waals surface area contributed by atoms with Crippen molar-refractivity contribution in [1.82, 2.24) is 5.32 Å². The second-order valence-corrected chi connectivity index (χ2v) is 3.27. The molecule has 1 rings (SSSR count). The van der Waals surface area contributed by atoms with Gasteiger partial charge in [-0.05, 0) is 17.7 Å². The van der Waals surface area contributed by atoms with Crippen molar-refractivity contribution in [2.24, 2.45) is 0 Å².